The highest BCUT2D eigenvalue weighted by Crippen LogP contribution is 2.45. The fourth-order valence-corrected chi connectivity index (χ4v) is 2.61. The summed E-state index contributed by atoms with van der Waals surface area (Å²) >= 11 is 1.16. The van der Waals surface area contributed by atoms with Crippen LogP contribution in [-0.4, -0.2) is 32.8 Å². The lowest BCUT2D eigenvalue weighted by atomic mass is 10.3. The normalized spacial score (nSPS) is 23.2. The van der Waals surface area contributed by atoms with Crippen LogP contribution in [-0.2, 0) is 9.79 Å². The van der Waals surface area contributed by atoms with Gasteiger partial charge in [0.25, 0.3) is 0 Å². The van der Waals surface area contributed by atoms with Gasteiger partial charge in [0.1, 0.15) is 5.75 Å². The first-order chi connectivity index (χ1) is 8.03. The molecular formula is C10H10N2O4S. The van der Waals surface area contributed by atoms with Gasteiger partial charge in [0, 0.05) is 17.7 Å². The minimum absolute atomic E-state index is 0.101. The van der Waals surface area contributed by atoms with Gasteiger partial charge >= 0.3 is 11.2 Å². The number of aromatic hydroxyl groups is 1. The molecule has 7 heteroatoms. The Balaban J connectivity index is 2.48. The molecule has 1 atom stereocenters. The maximum Gasteiger partial charge on any atom is 0.508 e. The van der Waals surface area contributed by atoms with Crippen molar-refractivity contribution >= 4 is 23.6 Å². The van der Waals surface area contributed by atoms with Gasteiger partial charge < -0.3 is 14.9 Å². The molecule has 0 spiro atoms. The Hall–Kier alpha value is -1.76. The number of rotatable bonds is 2. The third-order valence-electron chi connectivity index (χ3n) is 2.13. The number of nitrogens with zero attached hydrogens (tertiary/aromatic N) is 2. The molecule has 0 aliphatic carbocycles. The highest BCUT2D eigenvalue weighted by Gasteiger charge is 2.44. The highest BCUT2D eigenvalue weighted by atomic mass is 32.2. The van der Waals surface area contributed by atoms with Crippen LogP contribution < -0.4 is 0 Å². The van der Waals surface area contributed by atoms with Crippen molar-refractivity contribution in [3.8, 4) is 5.75 Å². The van der Waals surface area contributed by atoms with Crippen LogP contribution in [0, 0.1) is 0 Å². The van der Waals surface area contributed by atoms with Crippen LogP contribution in [0.25, 0.3) is 0 Å². The van der Waals surface area contributed by atoms with Crippen LogP contribution >= 0.6 is 11.8 Å². The number of carboxylic acid groups (broad SMARTS) is 1. The lowest BCUT2D eigenvalue weighted by molar-refractivity contribution is 0.0351. The van der Waals surface area contributed by atoms with Crippen LogP contribution in [0.3, 0.4) is 0 Å². The summed E-state index contributed by atoms with van der Waals surface area (Å²) in [6.45, 7) is 1.76. The van der Waals surface area contributed by atoms with Crippen molar-refractivity contribution in [2.24, 2.45) is 4.99 Å². The molecule has 90 valence electrons. The van der Waals surface area contributed by atoms with Crippen molar-refractivity contribution in [1.29, 1.82) is 0 Å². The van der Waals surface area contributed by atoms with Gasteiger partial charge in [-0.05, 0) is 19.1 Å². The third-order valence-corrected chi connectivity index (χ3v) is 3.45. The Morgan fingerprint density at radius 3 is 2.94 bits per heavy atom. The standard InChI is InChI=1S/C10H10N2O4S/c1-6-5-17-10(12-6,16-9(14)15)8-7(13)3-2-4-11-8/h2-4,13H,5H2,1H3,(H,14,15). The van der Waals surface area contributed by atoms with E-state index in [2.05, 4.69) is 9.98 Å². The van der Waals surface area contributed by atoms with E-state index in [1.807, 2.05) is 0 Å². The first kappa shape index (κ1) is 11.7. The fourth-order valence-electron chi connectivity index (χ4n) is 1.50. The number of ether oxygens (including phenoxy) is 1. The molecule has 1 aromatic heterocycles. The molecule has 0 bridgehead atoms. The quantitative estimate of drug-likeness (QED) is 0.782. The molecule has 2 heterocycles. The minimum atomic E-state index is -1.48. The summed E-state index contributed by atoms with van der Waals surface area (Å²) in [5, 5.41) is 17.0. The number of hydrogen-bond acceptors (Lipinski definition) is 6. The maximum atomic E-state index is 10.7. The molecule has 1 unspecified atom stereocenters. The zero-order valence-corrected chi connectivity index (χ0v) is 9.77. The Morgan fingerprint density at radius 1 is 1.65 bits per heavy atom. The first-order valence-corrected chi connectivity index (χ1v) is 5.78. The van der Waals surface area contributed by atoms with Gasteiger partial charge in [-0.2, -0.15) is 0 Å². The summed E-state index contributed by atoms with van der Waals surface area (Å²) in [6, 6.07) is 2.96. The summed E-state index contributed by atoms with van der Waals surface area (Å²) in [5.74, 6) is 0.392. The van der Waals surface area contributed by atoms with E-state index in [1.54, 1.807) is 13.0 Å². The molecule has 0 fully saturated rings. The minimum Gasteiger partial charge on any atom is -0.506 e. The predicted octanol–water partition coefficient (Wildman–Crippen LogP) is 1.80. The molecule has 0 radical (unpaired) electrons. The Morgan fingerprint density at radius 2 is 2.41 bits per heavy atom. The van der Waals surface area contributed by atoms with E-state index in [0.29, 0.717) is 5.75 Å². The third kappa shape index (κ3) is 2.19. The maximum absolute atomic E-state index is 10.7. The zero-order chi connectivity index (χ0) is 12.5. The molecule has 0 saturated carbocycles. The van der Waals surface area contributed by atoms with Crippen LogP contribution in [0.1, 0.15) is 12.6 Å². The topological polar surface area (TPSA) is 92.0 Å². The lowest BCUT2D eigenvalue weighted by Crippen LogP contribution is -2.25. The van der Waals surface area contributed by atoms with E-state index < -0.39 is 11.2 Å². The molecule has 1 aliphatic rings. The summed E-state index contributed by atoms with van der Waals surface area (Å²) in [6.07, 6.45) is -0.00726. The van der Waals surface area contributed by atoms with E-state index in [9.17, 15) is 9.90 Å². The van der Waals surface area contributed by atoms with Crippen molar-refractivity contribution in [1.82, 2.24) is 4.98 Å². The van der Waals surface area contributed by atoms with Gasteiger partial charge in [0.2, 0.25) is 0 Å². The predicted molar refractivity (Wildman–Crippen MR) is 62.3 cm³/mol. The van der Waals surface area contributed by atoms with E-state index in [1.165, 1.54) is 12.3 Å². The fraction of sp³-hybridized carbons (Fsp3) is 0.300. The van der Waals surface area contributed by atoms with Crippen molar-refractivity contribution in [3.63, 3.8) is 0 Å². The SMILES string of the molecule is CC1=NC(OC(=O)O)(c2ncccc2O)SC1. The van der Waals surface area contributed by atoms with Gasteiger partial charge in [-0.15, -0.1) is 0 Å². The van der Waals surface area contributed by atoms with Crippen LogP contribution in [0.4, 0.5) is 4.79 Å². The average Bonchev–Trinajstić information content (AvgIpc) is 2.60. The second kappa shape index (κ2) is 4.25. The smallest absolute Gasteiger partial charge is 0.506 e. The van der Waals surface area contributed by atoms with E-state index in [-0.39, 0.29) is 11.4 Å². The van der Waals surface area contributed by atoms with Gasteiger partial charge in [-0.25, -0.2) is 9.79 Å². The van der Waals surface area contributed by atoms with Gasteiger partial charge in [-0.1, -0.05) is 11.8 Å². The van der Waals surface area contributed by atoms with E-state index in [4.69, 9.17) is 9.84 Å². The molecular weight excluding hydrogens is 244 g/mol. The number of carbonyl (C=O) groups is 1. The van der Waals surface area contributed by atoms with Gasteiger partial charge in [0.15, 0.2) is 5.69 Å². The second-order valence-corrected chi connectivity index (χ2v) is 4.59. The zero-order valence-electron chi connectivity index (χ0n) is 8.95. The number of thioether (sulfide) groups is 1. The van der Waals surface area contributed by atoms with Crippen LogP contribution in [0.5, 0.6) is 5.75 Å². The Kier molecular flexibility index (Phi) is 2.93. The van der Waals surface area contributed by atoms with Crippen LogP contribution in [0.2, 0.25) is 0 Å². The van der Waals surface area contributed by atoms with Crippen molar-refractivity contribution in [2.45, 2.75) is 12.0 Å². The molecule has 0 saturated heterocycles. The number of aromatic nitrogens is 1. The van der Waals surface area contributed by atoms with E-state index >= 15 is 0 Å². The monoisotopic (exact) mass is 254 g/mol. The summed E-state index contributed by atoms with van der Waals surface area (Å²) < 4.78 is 4.81. The molecule has 1 aliphatic heterocycles. The molecule has 2 N–H and O–H groups in total. The van der Waals surface area contributed by atoms with Gasteiger partial charge in [0.05, 0.1) is 0 Å². The van der Waals surface area contributed by atoms with E-state index in [0.717, 1.165) is 17.5 Å². The number of pyridine rings is 1. The summed E-state index contributed by atoms with van der Waals surface area (Å²) in [4.78, 5) is 18.8. The molecule has 2 rings (SSSR count). The average molecular weight is 254 g/mol. The van der Waals surface area contributed by atoms with Gasteiger partial charge in [-0.3, -0.25) is 4.98 Å². The second-order valence-electron chi connectivity index (χ2n) is 3.46. The molecule has 6 nitrogen and oxygen atoms in total. The van der Waals surface area contributed by atoms with Crippen LogP contribution in [0.15, 0.2) is 23.3 Å². The Labute approximate surface area is 101 Å². The van der Waals surface area contributed by atoms with Crippen molar-refractivity contribution in [2.75, 3.05) is 5.75 Å². The number of hydrogen-bond donors (Lipinski definition) is 2. The first-order valence-electron chi connectivity index (χ1n) is 4.79. The van der Waals surface area contributed by atoms with Crippen molar-refractivity contribution in [3.05, 3.63) is 24.0 Å². The number of aliphatic imine (C=N–C) groups is 1. The lowest BCUT2D eigenvalue weighted by Gasteiger charge is -2.23. The Bertz CT molecular complexity index is 491. The van der Waals surface area contributed by atoms with Crippen molar-refractivity contribution < 1.29 is 19.7 Å². The largest absolute Gasteiger partial charge is 0.508 e. The molecule has 17 heavy (non-hydrogen) atoms. The summed E-state index contributed by atoms with van der Waals surface area (Å²) in [7, 11) is 0. The molecule has 1 aromatic rings. The molecule has 0 aromatic carbocycles. The summed E-state index contributed by atoms with van der Waals surface area (Å²) in [5.41, 5.74) is 0.838. The molecule has 0 amide bonds. The highest BCUT2D eigenvalue weighted by molar-refractivity contribution is 8.01.